The Hall–Kier alpha value is -1.82. The van der Waals surface area contributed by atoms with Crippen molar-refractivity contribution in [1.82, 2.24) is 9.55 Å². The number of rotatable bonds is 6. The second-order valence-corrected chi connectivity index (χ2v) is 7.42. The van der Waals surface area contributed by atoms with E-state index in [9.17, 15) is 29.4 Å². The maximum absolute atomic E-state index is 12.5. The Bertz CT molecular complexity index is 861. The predicted octanol–water partition coefficient (Wildman–Crippen LogP) is -0.511. The molecule has 150 valence electrons. The maximum atomic E-state index is 12.5. The molecule has 1 aromatic rings. The normalized spacial score (nSPS) is 30.3. The molecule has 0 aromatic carbocycles. The highest BCUT2D eigenvalue weighted by Crippen LogP contribution is 2.50. The van der Waals surface area contributed by atoms with Crippen molar-refractivity contribution in [2.45, 2.75) is 56.1 Å². The number of halogens is 1. The lowest BCUT2D eigenvalue weighted by atomic mass is 9.86. The number of Topliss-reactive ketones (excluding diaryl/α,β-unsaturated/α-hetero) is 1. The first kappa shape index (κ1) is 21.5. The second-order valence-electron chi connectivity index (χ2n) is 6.21. The van der Waals surface area contributed by atoms with Gasteiger partial charge in [-0.25, -0.2) is 4.79 Å². The fourth-order valence-electron chi connectivity index (χ4n) is 2.84. The molecule has 2 heterocycles. The average molecular weight is 449 g/mol. The Morgan fingerprint density at radius 2 is 1.96 bits per heavy atom. The minimum atomic E-state index is -2.51. The van der Waals surface area contributed by atoms with E-state index in [4.69, 9.17) is 9.47 Å². The van der Waals surface area contributed by atoms with Crippen molar-refractivity contribution >= 4 is 27.7 Å². The molecule has 27 heavy (non-hydrogen) atoms. The van der Waals surface area contributed by atoms with Crippen LogP contribution in [0, 0.1) is 6.92 Å². The van der Waals surface area contributed by atoms with Gasteiger partial charge in [-0.15, -0.1) is 0 Å². The van der Waals surface area contributed by atoms with Crippen LogP contribution in [0.5, 0.6) is 0 Å². The number of carbonyl (C=O) groups is 2. The number of aromatic amines is 1. The predicted molar refractivity (Wildman–Crippen MR) is 95.3 cm³/mol. The number of esters is 1. The molecule has 0 spiro atoms. The molecule has 1 aromatic heterocycles. The number of aliphatic hydroxyl groups is 2. The van der Waals surface area contributed by atoms with Crippen molar-refractivity contribution in [3.63, 3.8) is 0 Å². The summed E-state index contributed by atoms with van der Waals surface area (Å²) in [6, 6.07) is 0. The number of hydrogen-bond donors (Lipinski definition) is 3. The summed E-state index contributed by atoms with van der Waals surface area (Å²) in [7, 11) is 0. The number of carbonyl (C=O) groups excluding carboxylic acids is 2. The fraction of sp³-hybridized carbons (Fsp3) is 0.625. The van der Waals surface area contributed by atoms with Crippen LogP contribution in [0.25, 0.3) is 0 Å². The third kappa shape index (κ3) is 3.51. The zero-order valence-corrected chi connectivity index (χ0v) is 16.6. The van der Waals surface area contributed by atoms with Gasteiger partial charge in [0.1, 0.15) is 12.7 Å². The lowest BCUT2D eigenvalue weighted by Gasteiger charge is -2.35. The zero-order chi connectivity index (χ0) is 20.6. The van der Waals surface area contributed by atoms with E-state index >= 15 is 0 Å². The van der Waals surface area contributed by atoms with Crippen molar-refractivity contribution in [3.8, 4) is 0 Å². The first-order chi connectivity index (χ1) is 12.5. The summed E-state index contributed by atoms with van der Waals surface area (Å²) in [5.74, 6) is -1.38. The molecule has 0 amide bonds. The molecule has 0 unspecified atom stereocenters. The highest BCUT2D eigenvalue weighted by molar-refractivity contribution is 9.10. The van der Waals surface area contributed by atoms with E-state index in [1.54, 1.807) is 6.92 Å². The van der Waals surface area contributed by atoms with Crippen molar-refractivity contribution in [3.05, 3.63) is 32.6 Å². The molecule has 1 saturated heterocycles. The molecule has 3 N–H and O–H groups in total. The Morgan fingerprint density at radius 1 is 1.33 bits per heavy atom. The third-order valence-corrected chi connectivity index (χ3v) is 5.45. The molecule has 11 heteroatoms. The van der Waals surface area contributed by atoms with Crippen LogP contribution in [-0.4, -0.2) is 54.3 Å². The van der Waals surface area contributed by atoms with Crippen LogP contribution in [0.4, 0.5) is 0 Å². The van der Waals surface area contributed by atoms with Gasteiger partial charge in [0.05, 0.1) is 0 Å². The van der Waals surface area contributed by atoms with Crippen LogP contribution in [0.3, 0.4) is 0 Å². The van der Waals surface area contributed by atoms with E-state index in [1.807, 2.05) is 0 Å². The van der Waals surface area contributed by atoms with Crippen molar-refractivity contribution < 1.29 is 29.3 Å². The summed E-state index contributed by atoms with van der Waals surface area (Å²) in [5, 5.41) is 22.0. The van der Waals surface area contributed by atoms with Gasteiger partial charge in [0.15, 0.2) is 17.6 Å². The molecule has 2 rings (SSSR count). The molecule has 1 aliphatic heterocycles. The number of aryl methyl sites for hydroxylation is 1. The highest BCUT2D eigenvalue weighted by Gasteiger charge is 2.69. The van der Waals surface area contributed by atoms with E-state index in [-0.39, 0.29) is 18.4 Å². The Labute approximate surface area is 162 Å². The number of nitrogens with zero attached hydrogens (tertiary/aromatic N) is 1. The van der Waals surface area contributed by atoms with Gasteiger partial charge in [-0.1, -0.05) is 13.8 Å². The van der Waals surface area contributed by atoms with Gasteiger partial charge in [-0.05, 0) is 22.9 Å². The van der Waals surface area contributed by atoms with E-state index in [0.29, 0.717) is 0 Å². The largest absolute Gasteiger partial charge is 0.463 e. The number of H-pyrrole nitrogens is 1. The number of ketones is 1. The van der Waals surface area contributed by atoms with Crippen molar-refractivity contribution in [1.29, 1.82) is 0 Å². The zero-order valence-electron chi connectivity index (χ0n) is 15.0. The lowest BCUT2D eigenvalue weighted by Crippen LogP contribution is -2.61. The molecular formula is C16H21BrN2O8. The molecule has 0 aliphatic carbocycles. The SMILES string of the molecule is CCC(=O)OC[C@H]1O[C@@H](n2cc(C)c(=O)[nH]c2=O)[C@@](O)(Br)[C@@]1(O)C(=O)CC. The van der Waals surface area contributed by atoms with Gasteiger partial charge in [0.2, 0.25) is 4.51 Å². The summed E-state index contributed by atoms with van der Waals surface area (Å²) >= 11 is 2.92. The first-order valence-electron chi connectivity index (χ1n) is 8.30. The summed E-state index contributed by atoms with van der Waals surface area (Å²) in [6.07, 6.45) is -1.98. The van der Waals surface area contributed by atoms with Crippen LogP contribution < -0.4 is 11.2 Å². The Kier molecular flexibility index (Phi) is 6.10. The number of nitrogens with one attached hydrogen (secondary N) is 1. The maximum Gasteiger partial charge on any atom is 0.330 e. The molecule has 0 radical (unpaired) electrons. The first-order valence-corrected chi connectivity index (χ1v) is 9.10. The van der Waals surface area contributed by atoms with Gasteiger partial charge < -0.3 is 19.7 Å². The van der Waals surface area contributed by atoms with Gasteiger partial charge >= 0.3 is 11.7 Å². The number of hydrogen-bond acceptors (Lipinski definition) is 8. The molecule has 1 aliphatic rings. The number of aromatic nitrogens is 2. The molecule has 1 fully saturated rings. The minimum absolute atomic E-state index is 0.0630. The van der Waals surface area contributed by atoms with Crippen LogP contribution >= 0.6 is 15.9 Å². The van der Waals surface area contributed by atoms with Gasteiger partial charge in [0.25, 0.3) is 5.56 Å². The molecule has 4 atom stereocenters. The Balaban J connectivity index is 2.54. The van der Waals surface area contributed by atoms with Gasteiger partial charge in [-0.2, -0.15) is 0 Å². The summed E-state index contributed by atoms with van der Waals surface area (Å²) in [4.78, 5) is 49.7. The second kappa shape index (κ2) is 7.66. The topological polar surface area (TPSA) is 148 Å². The lowest BCUT2D eigenvalue weighted by molar-refractivity contribution is -0.164. The van der Waals surface area contributed by atoms with Crippen molar-refractivity contribution in [2.75, 3.05) is 6.61 Å². The fourth-order valence-corrected chi connectivity index (χ4v) is 3.65. The highest BCUT2D eigenvalue weighted by atomic mass is 79.9. The van der Waals surface area contributed by atoms with E-state index in [0.717, 1.165) is 10.8 Å². The number of ether oxygens (including phenoxy) is 2. The van der Waals surface area contributed by atoms with Crippen molar-refractivity contribution in [2.24, 2.45) is 0 Å². The third-order valence-electron chi connectivity index (χ3n) is 4.45. The van der Waals surface area contributed by atoms with E-state index in [1.165, 1.54) is 13.8 Å². The monoisotopic (exact) mass is 448 g/mol. The number of alkyl halides is 1. The van der Waals surface area contributed by atoms with Crippen LogP contribution in [0.2, 0.25) is 0 Å². The summed E-state index contributed by atoms with van der Waals surface area (Å²) in [5.41, 5.74) is -3.90. The van der Waals surface area contributed by atoms with Gasteiger partial charge in [-0.3, -0.25) is 23.9 Å². The van der Waals surface area contributed by atoms with Gasteiger partial charge in [0, 0.05) is 24.6 Å². The average Bonchev–Trinajstić information content (AvgIpc) is 2.82. The van der Waals surface area contributed by atoms with E-state index in [2.05, 4.69) is 20.9 Å². The molecule has 0 saturated carbocycles. The quantitative estimate of drug-likeness (QED) is 0.389. The summed E-state index contributed by atoms with van der Waals surface area (Å²) < 4.78 is 8.95. The molecule has 0 bridgehead atoms. The van der Waals surface area contributed by atoms with Crippen LogP contribution in [0.1, 0.15) is 38.5 Å². The molecule has 10 nitrogen and oxygen atoms in total. The van der Waals surface area contributed by atoms with Crippen LogP contribution in [0.15, 0.2) is 15.8 Å². The summed E-state index contributed by atoms with van der Waals surface area (Å²) in [6.45, 7) is 3.95. The van der Waals surface area contributed by atoms with Crippen LogP contribution in [-0.2, 0) is 19.1 Å². The minimum Gasteiger partial charge on any atom is -0.463 e. The molecular weight excluding hydrogens is 428 g/mol. The standard InChI is InChI=1S/C16H21BrN2O8/c1-4-9(20)15(24)10(7-26-11(21)5-2)27-13(16(15,17)25)19-6-8(3)12(22)18-14(19)23/h6,10,13,24-25H,4-5,7H2,1-3H3,(H,18,22,23)/t10-,13-,15-,16+/m1/s1. The van der Waals surface area contributed by atoms with E-state index < -0.39 is 52.1 Å². The smallest absolute Gasteiger partial charge is 0.330 e. The Morgan fingerprint density at radius 3 is 2.52 bits per heavy atom.